The Labute approximate surface area is 178 Å². The minimum absolute atomic E-state index is 0.0876. The Kier molecular flexibility index (Phi) is 5.76. The first-order chi connectivity index (χ1) is 14.4. The SMILES string of the molecule is CC(CCc1c[nH]c2ccccc12)(NC(=O)O)C(=O)N1CCC2(CCCCC2)CC1. The molecule has 1 unspecified atom stereocenters. The van der Waals surface area contributed by atoms with Gasteiger partial charge in [0, 0.05) is 30.2 Å². The van der Waals surface area contributed by atoms with Crippen LogP contribution in [0.4, 0.5) is 4.79 Å². The van der Waals surface area contributed by atoms with Crippen molar-refractivity contribution in [2.24, 2.45) is 5.41 Å². The van der Waals surface area contributed by atoms with Gasteiger partial charge in [0.15, 0.2) is 0 Å². The van der Waals surface area contributed by atoms with Crippen molar-refractivity contribution in [2.75, 3.05) is 13.1 Å². The number of carbonyl (C=O) groups excluding carboxylic acids is 1. The third kappa shape index (κ3) is 4.18. The summed E-state index contributed by atoms with van der Waals surface area (Å²) >= 11 is 0. The normalized spacial score (nSPS) is 20.8. The minimum atomic E-state index is -1.15. The Morgan fingerprint density at radius 1 is 1.13 bits per heavy atom. The number of hydrogen-bond donors (Lipinski definition) is 3. The highest BCUT2D eigenvalue weighted by molar-refractivity contribution is 5.89. The van der Waals surface area contributed by atoms with Gasteiger partial charge in [-0.2, -0.15) is 0 Å². The second kappa shape index (κ2) is 8.32. The predicted molar refractivity (Wildman–Crippen MR) is 118 cm³/mol. The van der Waals surface area contributed by atoms with E-state index in [1.165, 1.54) is 32.1 Å². The summed E-state index contributed by atoms with van der Waals surface area (Å²) in [4.78, 5) is 30.1. The van der Waals surface area contributed by atoms with Crippen LogP contribution in [-0.2, 0) is 11.2 Å². The first-order valence-corrected chi connectivity index (χ1v) is 11.3. The molecule has 1 spiro atoms. The average molecular weight is 412 g/mol. The largest absolute Gasteiger partial charge is 0.465 e. The van der Waals surface area contributed by atoms with Gasteiger partial charge < -0.3 is 20.3 Å². The molecule has 1 saturated heterocycles. The molecular formula is C24H33N3O3. The molecule has 0 bridgehead atoms. The van der Waals surface area contributed by atoms with E-state index in [1.807, 2.05) is 29.3 Å². The van der Waals surface area contributed by atoms with Gasteiger partial charge >= 0.3 is 6.09 Å². The summed E-state index contributed by atoms with van der Waals surface area (Å²) in [5, 5.41) is 13.1. The zero-order valence-electron chi connectivity index (χ0n) is 17.9. The van der Waals surface area contributed by atoms with Crippen LogP contribution in [0.15, 0.2) is 30.5 Å². The van der Waals surface area contributed by atoms with Crippen molar-refractivity contribution in [3.8, 4) is 0 Å². The third-order valence-electron chi connectivity index (χ3n) is 7.45. The lowest BCUT2D eigenvalue weighted by Gasteiger charge is -2.46. The number of nitrogens with zero attached hydrogens (tertiary/aromatic N) is 1. The lowest BCUT2D eigenvalue weighted by atomic mass is 9.68. The summed E-state index contributed by atoms with van der Waals surface area (Å²) in [6.45, 7) is 3.22. The number of hydrogen-bond acceptors (Lipinski definition) is 2. The molecule has 2 aliphatic rings. The van der Waals surface area contributed by atoms with E-state index in [-0.39, 0.29) is 5.91 Å². The standard InChI is InChI=1S/C24H33N3O3/c1-23(26-22(29)30,12-9-18-17-25-20-8-4-3-7-19(18)20)21(28)27-15-13-24(14-16-27)10-5-2-6-11-24/h3-4,7-8,17,25-26H,2,5-6,9-16H2,1H3,(H,29,30). The maximum absolute atomic E-state index is 13.4. The zero-order chi connectivity index (χ0) is 21.2. The highest BCUT2D eigenvalue weighted by atomic mass is 16.4. The van der Waals surface area contributed by atoms with Gasteiger partial charge in [-0.25, -0.2) is 4.79 Å². The first-order valence-electron chi connectivity index (χ1n) is 11.3. The second-order valence-electron chi connectivity index (χ2n) is 9.47. The van der Waals surface area contributed by atoms with Crippen LogP contribution in [0, 0.1) is 5.41 Å². The molecule has 0 radical (unpaired) electrons. The Morgan fingerprint density at radius 3 is 2.53 bits per heavy atom. The van der Waals surface area contributed by atoms with E-state index in [4.69, 9.17) is 0 Å². The number of benzene rings is 1. The maximum atomic E-state index is 13.4. The van der Waals surface area contributed by atoms with E-state index >= 15 is 0 Å². The van der Waals surface area contributed by atoms with Crippen molar-refractivity contribution in [1.82, 2.24) is 15.2 Å². The lowest BCUT2D eigenvalue weighted by molar-refractivity contribution is -0.140. The van der Waals surface area contributed by atoms with Crippen LogP contribution in [0.1, 0.15) is 63.9 Å². The van der Waals surface area contributed by atoms with Crippen molar-refractivity contribution in [3.63, 3.8) is 0 Å². The van der Waals surface area contributed by atoms with Gasteiger partial charge in [0.2, 0.25) is 5.91 Å². The summed E-state index contributed by atoms with van der Waals surface area (Å²) in [6, 6.07) is 8.05. The Hall–Kier alpha value is -2.50. The van der Waals surface area contributed by atoms with Gasteiger partial charge in [-0.15, -0.1) is 0 Å². The molecule has 3 N–H and O–H groups in total. The Morgan fingerprint density at radius 2 is 1.83 bits per heavy atom. The van der Waals surface area contributed by atoms with Gasteiger partial charge in [0.05, 0.1) is 0 Å². The van der Waals surface area contributed by atoms with Crippen molar-refractivity contribution in [3.05, 3.63) is 36.0 Å². The number of aromatic amines is 1. The van der Waals surface area contributed by atoms with Crippen molar-refractivity contribution in [2.45, 2.75) is 70.3 Å². The van der Waals surface area contributed by atoms with E-state index in [9.17, 15) is 14.7 Å². The summed E-state index contributed by atoms with van der Waals surface area (Å²) in [5.74, 6) is -0.0876. The van der Waals surface area contributed by atoms with Gasteiger partial charge in [0.25, 0.3) is 0 Å². The van der Waals surface area contributed by atoms with Crippen LogP contribution in [-0.4, -0.2) is 45.6 Å². The van der Waals surface area contributed by atoms with E-state index in [1.54, 1.807) is 6.92 Å². The average Bonchev–Trinajstić information content (AvgIpc) is 3.16. The first kappa shape index (κ1) is 20.8. The molecule has 1 atom stereocenters. The van der Waals surface area contributed by atoms with Gasteiger partial charge in [0.1, 0.15) is 5.54 Å². The number of amides is 2. The number of nitrogens with one attached hydrogen (secondary N) is 2. The molecule has 1 aromatic heterocycles. The number of aromatic nitrogens is 1. The number of carbonyl (C=O) groups is 2. The van der Waals surface area contributed by atoms with Crippen LogP contribution in [0.5, 0.6) is 0 Å². The maximum Gasteiger partial charge on any atom is 0.405 e. The molecule has 2 fully saturated rings. The van der Waals surface area contributed by atoms with E-state index in [0.717, 1.165) is 42.4 Å². The molecule has 4 rings (SSSR count). The minimum Gasteiger partial charge on any atom is -0.465 e. The van der Waals surface area contributed by atoms with Crippen LogP contribution in [0.25, 0.3) is 10.9 Å². The highest BCUT2D eigenvalue weighted by Gasteiger charge is 2.42. The van der Waals surface area contributed by atoms with E-state index < -0.39 is 11.6 Å². The number of fused-ring (bicyclic) bond motifs is 1. The number of likely N-dealkylation sites (tertiary alicyclic amines) is 1. The number of rotatable bonds is 5. The molecule has 1 aliphatic heterocycles. The molecule has 6 nitrogen and oxygen atoms in total. The van der Waals surface area contributed by atoms with Crippen molar-refractivity contribution in [1.29, 1.82) is 0 Å². The summed E-state index contributed by atoms with van der Waals surface area (Å²) in [5.41, 5.74) is 1.45. The van der Waals surface area contributed by atoms with Gasteiger partial charge in [-0.3, -0.25) is 4.79 Å². The fourth-order valence-electron chi connectivity index (χ4n) is 5.52. The van der Waals surface area contributed by atoms with Crippen LogP contribution in [0.2, 0.25) is 0 Å². The Balaban J connectivity index is 1.45. The smallest absolute Gasteiger partial charge is 0.405 e. The van der Waals surface area contributed by atoms with Crippen LogP contribution >= 0.6 is 0 Å². The van der Waals surface area contributed by atoms with Crippen LogP contribution in [0.3, 0.4) is 0 Å². The molecular weight excluding hydrogens is 378 g/mol. The fraction of sp³-hybridized carbons (Fsp3) is 0.583. The molecule has 1 aliphatic carbocycles. The molecule has 30 heavy (non-hydrogen) atoms. The summed E-state index contributed by atoms with van der Waals surface area (Å²) in [7, 11) is 0. The molecule has 2 amide bonds. The number of H-pyrrole nitrogens is 1. The number of para-hydroxylation sites is 1. The lowest BCUT2D eigenvalue weighted by Crippen LogP contribution is -2.59. The number of carboxylic acid groups (broad SMARTS) is 1. The zero-order valence-corrected chi connectivity index (χ0v) is 17.9. The quantitative estimate of drug-likeness (QED) is 0.667. The molecule has 2 aromatic rings. The second-order valence-corrected chi connectivity index (χ2v) is 9.47. The monoisotopic (exact) mass is 411 g/mol. The van der Waals surface area contributed by atoms with Gasteiger partial charge in [-0.05, 0) is 62.5 Å². The summed E-state index contributed by atoms with van der Waals surface area (Å²) in [6.07, 6.45) is 10.5. The van der Waals surface area contributed by atoms with Crippen molar-refractivity contribution >= 4 is 22.9 Å². The van der Waals surface area contributed by atoms with Gasteiger partial charge in [-0.1, -0.05) is 37.5 Å². The molecule has 2 heterocycles. The molecule has 162 valence electrons. The topological polar surface area (TPSA) is 85.4 Å². The molecule has 1 aromatic carbocycles. The number of aryl methyl sites for hydroxylation is 1. The Bertz CT molecular complexity index is 905. The molecule has 6 heteroatoms. The highest BCUT2D eigenvalue weighted by Crippen LogP contribution is 2.44. The predicted octanol–water partition coefficient (Wildman–Crippen LogP) is 4.70. The number of piperidine rings is 1. The van der Waals surface area contributed by atoms with Crippen LogP contribution < -0.4 is 5.32 Å². The van der Waals surface area contributed by atoms with Crippen molar-refractivity contribution < 1.29 is 14.7 Å². The third-order valence-corrected chi connectivity index (χ3v) is 7.45. The fourth-order valence-corrected chi connectivity index (χ4v) is 5.52. The van der Waals surface area contributed by atoms with E-state index in [2.05, 4.69) is 16.4 Å². The summed E-state index contributed by atoms with van der Waals surface area (Å²) < 4.78 is 0. The molecule has 1 saturated carbocycles. The van der Waals surface area contributed by atoms with E-state index in [0.29, 0.717) is 18.3 Å².